The largest absolute Gasteiger partial charge is 0.411 e. The van der Waals surface area contributed by atoms with E-state index in [9.17, 15) is 17.2 Å². The van der Waals surface area contributed by atoms with Gasteiger partial charge in [-0.3, -0.25) is 0 Å². The maximum atomic E-state index is 13.8. The van der Waals surface area contributed by atoms with E-state index >= 15 is 0 Å². The predicted octanol–water partition coefficient (Wildman–Crippen LogP) is 3.27. The van der Waals surface area contributed by atoms with Crippen LogP contribution in [0.25, 0.3) is 0 Å². The van der Waals surface area contributed by atoms with E-state index in [4.69, 9.17) is 4.74 Å². The molecule has 0 bridgehead atoms. The third kappa shape index (κ3) is 4.38. The number of halogens is 2. The minimum absolute atomic E-state index is 0.215. The molecule has 2 aromatic carbocycles. The van der Waals surface area contributed by atoms with Crippen LogP contribution in [0.1, 0.15) is 5.56 Å². The zero-order valence-electron chi connectivity index (χ0n) is 12.1. The molecule has 0 aliphatic carbocycles. The molecule has 2 aromatic rings. The smallest absolute Gasteiger partial charge is 0.364 e. The van der Waals surface area contributed by atoms with E-state index in [0.717, 1.165) is 17.7 Å². The van der Waals surface area contributed by atoms with Crippen molar-refractivity contribution in [2.75, 3.05) is 6.61 Å². The van der Waals surface area contributed by atoms with E-state index < -0.39 is 20.0 Å². The first-order valence-electron chi connectivity index (χ1n) is 6.73. The van der Waals surface area contributed by atoms with Gasteiger partial charge in [-0.2, -0.15) is 8.78 Å². The number of benzene rings is 2. The first kappa shape index (κ1) is 17.1. The summed E-state index contributed by atoms with van der Waals surface area (Å²) in [6.45, 7) is -0.0681. The lowest BCUT2D eigenvalue weighted by atomic mass is 10.2. The summed E-state index contributed by atoms with van der Waals surface area (Å²) in [5.74, 6) is 3.56. The highest BCUT2D eigenvalue weighted by molar-refractivity contribution is 7.92. The van der Waals surface area contributed by atoms with Gasteiger partial charge >= 0.3 is 5.25 Å². The molecule has 0 atom stereocenters. The Labute approximate surface area is 133 Å². The molecular formula is C17H14F2O3S. The van der Waals surface area contributed by atoms with Crippen molar-refractivity contribution in [3.05, 3.63) is 66.2 Å². The molecule has 23 heavy (non-hydrogen) atoms. The Hall–Kier alpha value is -2.23. The van der Waals surface area contributed by atoms with Crippen molar-refractivity contribution in [2.45, 2.75) is 16.8 Å². The molecule has 3 nitrogen and oxygen atoms in total. The molecule has 0 radical (unpaired) electrons. The van der Waals surface area contributed by atoms with Gasteiger partial charge in [0.15, 0.2) is 0 Å². The van der Waals surface area contributed by atoms with Gasteiger partial charge < -0.3 is 4.74 Å². The molecule has 0 aromatic heterocycles. The zero-order chi connectivity index (χ0) is 16.8. The Morgan fingerprint density at radius 1 is 0.957 bits per heavy atom. The van der Waals surface area contributed by atoms with Gasteiger partial charge in [0.2, 0.25) is 0 Å². The monoisotopic (exact) mass is 336 g/mol. The van der Waals surface area contributed by atoms with E-state index in [1.807, 2.05) is 30.3 Å². The van der Waals surface area contributed by atoms with E-state index in [1.165, 1.54) is 18.1 Å². The predicted molar refractivity (Wildman–Crippen MR) is 82.4 cm³/mol. The van der Waals surface area contributed by atoms with Gasteiger partial charge in [0.05, 0.1) is 11.5 Å². The van der Waals surface area contributed by atoms with E-state index in [0.29, 0.717) is 0 Å². The highest BCUT2D eigenvalue weighted by Gasteiger charge is 2.44. The third-order valence-electron chi connectivity index (χ3n) is 2.91. The molecule has 0 aliphatic rings. The topological polar surface area (TPSA) is 43.4 Å². The Morgan fingerprint density at radius 2 is 1.52 bits per heavy atom. The fourth-order valence-electron chi connectivity index (χ4n) is 1.75. The van der Waals surface area contributed by atoms with Crippen molar-refractivity contribution in [1.29, 1.82) is 0 Å². The quantitative estimate of drug-likeness (QED) is 0.622. The summed E-state index contributed by atoms with van der Waals surface area (Å²) in [6.07, 6.45) is 0. The molecule has 0 saturated heterocycles. The van der Waals surface area contributed by atoms with Crippen LogP contribution in [-0.2, 0) is 21.2 Å². The molecule has 0 unspecified atom stereocenters. The van der Waals surface area contributed by atoms with Crippen LogP contribution in [-0.4, -0.2) is 20.3 Å². The summed E-state index contributed by atoms with van der Waals surface area (Å²) < 4.78 is 56.5. The average Bonchev–Trinajstić information content (AvgIpc) is 2.56. The maximum Gasteiger partial charge on any atom is 0.411 e. The Kier molecular flexibility index (Phi) is 5.48. The van der Waals surface area contributed by atoms with Crippen LogP contribution in [0.3, 0.4) is 0 Å². The van der Waals surface area contributed by atoms with Crippen LogP contribution in [0.15, 0.2) is 65.6 Å². The number of rotatable bonds is 5. The number of hydrogen-bond acceptors (Lipinski definition) is 3. The van der Waals surface area contributed by atoms with Gasteiger partial charge in [0, 0.05) is 0 Å². The van der Waals surface area contributed by atoms with E-state index in [-0.39, 0.29) is 13.2 Å². The molecule has 0 heterocycles. The van der Waals surface area contributed by atoms with Gasteiger partial charge in [0.25, 0.3) is 9.84 Å². The second-order valence-electron chi connectivity index (χ2n) is 4.61. The van der Waals surface area contributed by atoms with Gasteiger partial charge in [-0.05, 0) is 23.6 Å². The van der Waals surface area contributed by atoms with Crippen LogP contribution >= 0.6 is 0 Å². The molecular weight excluding hydrogens is 322 g/mol. The number of sulfone groups is 1. The van der Waals surface area contributed by atoms with Crippen LogP contribution < -0.4 is 0 Å². The molecule has 0 N–H and O–H groups in total. The van der Waals surface area contributed by atoms with Crippen molar-refractivity contribution in [2.24, 2.45) is 0 Å². The summed E-state index contributed by atoms with van der Waals surface area (Å²) in [6, 6.07) is 15.6. The van der Waals surface area contributed by atoms with Gasteiger partial charge in [-0.25, -0.2) is 8.42 Å². The van der Waals surface area contributed by atoms with Crippen LogP contribution in [0.5, 0.6) is 0 Å². The SMILES string of the molecule is O=S(=O)(c1ccccc1)C(F)(F)C#CCOCc1ccccc1. The molecule has 120 valence electrons. The van der Waals surface area contributed by atoms with Crippen LogP contribution in [0.2, 0.25) is 0 Å². The molecule has 0 saturated carbocycles. The molecule has 0 spiro atoms. The van der Waals surface area contributed by atoms with Crippen LogP contribution in [0, 0.1) is 11.8 Å². The van der Waals surface area contributed by atoms with Gasteiger partial charge in [-0.15, -0.1) is 0 Å². The van der Waals surface area contributed by atoms with Gasteiger partial charge in [-0.1, -0.05) is 54.5 Å². The minimum Gasteiger partial charge on any atom is -0.364 e. The normalized spacial score (nSPS) is 11.6. The molecule has 0 amide bonds. The molecule has 2 rings (SSSR count). The van der Waals surface area contributed by atoms with Crippen LogP contribution in [0.4, 0.5) is 8.78 Å². The van der Waals surface area contributed by atoms with Crippen molar-refractivity contribution in [3.8, 4) is 11.8 Å². The summed E-state index contributed by atoms with van der Waals surface area (Å²) in [5.41, 5.74) is 0.873. The zero-order valence-corrected chi connectivity index (χ0v) is 12.9. The molecule has 6 heteroatoms. The van der Waals surface area contributed by atoms with Crippen molar-refractivity contribution >= 4 is 9.84 Å². The first-order chi connectivity index (χ1) is 10.9. The highest BCUT2D eigenvalue weighted by atomic mass is 32.2. The van der Waals surface area contributed by atoms with Gasteiger partial charge in [0.1, 0.15) is 6.61 Å². The van der Waals surface area contributed by atoms with Crippen molar-refractivity contribution < 1.29 is 21.9 Å². The fourth-order valence-corrected chi connectivity index (χ4v) is 2.77. The highest BCUT2D eigenvalue weighted by Crippen LogP contribution is 2.28. The lowest BCUT2D eigenvalue weighted by molar-refractivity contribution is 0.147. The summed E-state index contributed by atoms with van der Waals surface area (Å²) in [5, 5.41) is -4.16. The van der Waals surface area contributed by atoms with E-state index in [1.54, 1.807) is 6.07 Å². The third-order valence-corrected chi connectivity index (χ3v) is 4.58. The second kappa shape index (κ2) is 7.36. The Bertz CT molecular complexity index is 792. The molecule has 0 aliphatic heterocycles. The average molecular weight is 336 g/mol. The Morgan fingerprint density at radius 3 is 2.13 bits per heavy atom. The van der Waals surface area contributed by atoms with Crippen molar-refractivity contribution in [3.63, 3.8) is 0 Å². The summed E-state index contributed by atoms with van der Waals surface area (Å²) in [4.78, 5) is -0.468. The first-order valence-corrected chi connectivity index (χ1v) is 8.21. The lowest BCUT2D eigenvalue weighted by Crippen LogP contribution is -2.27. The number of ether oxygens (including phenoxy) is 1. The fraction of sp³-hybridized carbons (Fsp3) is 0.176. The lowest BCUT2D eigenvalue weighted by Gasteiger charge is -2.10. The summed E-state index contributed by atoms with van der Waals surface area (Å²) >= 11 is 0. The Balaban J connectivity index is 1.99. The minimum atomic E-state index is -4.84. The second-order valence-corrected chi connectivity index (χ2v) is 6.60. The summed E-state index contributed by atoms with van der Waals surface area (Å²) in [7, 11) is -4.84. The maximum absolute atomic E-state index is 13.8. The van der Waals surface area contributed by atoms with E-state index in [2.05, 4.69) is 5.92 Å². The molecule has 0 fully saturated rings. The van der Waals surface area contributed by atoms with Crippen molar-refractivity contribution in [1.82, 2.24) is 0 Å². The number of alkyl halides is 2. The standard InChI is InChI=1S/C17H14F2O3S/c18-17(19,23(20,21)16-10-5-2-6-11-16)12-7-13-22-14-15-8-3-1-4-9-15/h1-6,8-11H,13-14H2. The number of hydrogen-bond donors (Lipinski definition) is 0.